The van der Waals surface area contributed by atoms with E-state index in [1.165, 1.54) is 20.8 Å². The first-order valence-corrected chi connectivity index (χ1v) is 6.96. The van der Waals surface area contributed by atoms with Gasteiger partial charge in [0, 0.05) is 37.2 Å². The van der Waals surface area contributed by atoms with Gasteiger partial charge in [0.25, 0.3) is 0 Å². The van der Waals surface area contributed by atoms with Crippen LogP contribution in [0.15, 0.2) is 0 Å². The SMILES string of the molecule is CC(=O)CCC(=O)[O-].CC(=O)CCC(=O)[O-].CC(=O)CCC(=O)[O-].[Ca+2].[Na+]. The topological polar surface area (TPSA) is 172 Å². The van der Waals surface area contributed by atoms with Crippen LogP contribution in [0, 0.1) is 0 Å². The fourth-order valence-corrected chi connectivity index (χ4v) is 0.834. The smallest absolute Gasteiger partial charge is 0.550 e. The largest absolute Gasteiger partial charge is 2.00 e. The first-order valence-electron chi connectivity index (χ1n) is 6.96. The molecule has 0 bridgehead atoms. The molecule has 0 saturated carbocycles. The van der Waals surface area contributed by atoms with Gasteiger partial charge >= 0.3 is 67.3 Å². The number of aliphatic carboxylic acids is 3. The van der Waals surface area contributed by atoms with Crippen LogP contribution in [0.4, 0.5) is 0 Å². The van der Waals surface area contributed by atoms with E-state index in [4.69, 9.17) is 0 Å². The van der Waals surface area contributed by atoms with E-state index in [9.17, 15) is 44.1 Å². The molecule has 0 unspecified atom stereocenters. The van der Waals surface area contributed by atoms with Crippen LogP contribution in [0.5, 0.6) is 0 Å². The van der Waals surface area contributed by atoms with E-state index >= 15 is 0 Å². The number of hydrogen-bond donors (Lipinski definition) is 0. The number of carboxylic acid groups (broad SMARTS) is 3. The Morgan fingerprint density at radius 1 is 0.500 bits per heavy atom. The summed E-state index contributed by atoms with van der Waals surface area (Å²) in [6.07, 6.45) is -0.215. The van der Waals surface area contributed by atoms with E-state index in [-0.39, 0.29) is 123 Å². The minimum atomic E-state index is -1.17. The molecule has 0 aliphatic heterocycles. The maximum Gasteiger partial charge on any atom is 2.00 e. The summed E-state index contributed by atoms with van der Waals surface area (Å²) in [4.78, 5) is 59.1. The average Bonchev–Trinajstić information content (AvgIpc) is 2.42. The maximum atomic E-state index is 10.1. The summed E-state index contributed by atoms with van der Waals surface area (Å²) in [7, 11) is 0. The van der Waals surface area contributed by atoms with Crippen LogP contribution in [0.3, 0.4) is 0 Å². The molecule has 0 atom stereocenters. The second kappa shape index (κ2) is 24.7. The Kier molecular flexibility index (Phi) is 34.7. The number of hydrogen-bond acceptors (Lipinski definition) is 9. The molecule has 0 rings (SSSR count). The van der Waals surface area contributed by atoms with Crippen LogP contribution in [0.1, 0.15) is 59.3 Å². The zero-order valence-corrected chi connectivity index (χ0v) is 19.8. The second-order valence-corrected chi connectivity index (χ2v) is 4.72. The van der Waals surface area contributed by atoms with Crippen molar-refractivity contribution in [3.05, 3.63) is 0 Å². The van der Waals surface area contributed by atoms with Gasteiger partial charge in [-0.05, 0) is 40.0 Å². The maximum absolute atomic E-state index is 10.1. The van der Waals surface area contributed by atoms with Gasteiger partial charge in [0.15, 0.2) is 0 Å². The number of ketones is 3. The van der Waals surface area contributed by atoms with Gasteiger partial charge in [0.2, 0.25) is 0 Å². The quantitative estimate of drug-likeness (QED) is 0.337. The van der Waals surface area contributed by atoms with Crippen LogP contribution in [-0.4, -0.2) is 73.0 Å². The van der Waals surface area contributed by atoms with Gasteiger partial charge < -0.3 is 44.1 Å². The summed E-state index contributed by atoms with van der Waals surface area (Å²) in [6.45, 7) is 4.05. The van der Waals surface area contributed by atoms with Crippen molar-refractivity contribution in [1.82, 2.24) is 0 Å². The zero-order chi connectivity index (χ0) is 19.7. The molecule has 0 saturated heterocycles. The molecule has 0 heterocycles. The van der Waals surface area contributed by atoms with E-state index in [1.54, 1.807) is 0 Å². The molecule has 0 aliphatic rings. The normalized spacial score (nSPS) is 7.96. The molecule has 0 aliphatic carbocycles. The molecule has 0 amide bonds. The minimum absolute atomic E-state index is 0. The molecule has 0 N–H and O–H groups in total. The predicted molar refractivity (Wildman–Crippen MR) is 80.5 cm³/mol. The first-order chi connectivity index (χ1) is 10.9. The summed E-state index contributed by atoms with van der Waals surface area (Å²) in [5.74, 6) is -3.85. The molecule has 138 valence electrons. The van der Waals surface area contributed by atoms with Crippen LogP contribution in [0.25, 0.3) is 0 Å². The van der Waals surface area contributed by atoms with Crippen LogP contribution < -0.4 is 44.9 Å². The molecular formula is C15H21CaNaO9. The fraction of sp³-hybridized carbons (Fsp3) is 0.600. The average molecular weight is 408 g/mol. The molecule has 0 aromatic carbocycles. The standard InChI is InChI=1S/3C5H8O3.Ca.Na/c3*1-4(6)2-3-5(7)8;;/h3*2-3H2,1H3,(H,7,8);;/q;;;+2;+1/p-3. The van der Waals surface area contributed by atoms with E-state index in [2.05, 4.69) is 0 Å². The van der Waals surface area contributed by atoms with Gasteiger partial charge in [-0.3, -0.25) is 0 Å². The van der Waals surface area contributed by atoms with E-state index in [1.807, 2.05) is 0 Å². The van der Waals surface area contributed by atoms with Crippen molar-refractivity contribution in [3.8, 4) is 0 Å². The Balaban J connectivity index is -0.0000000817. The summed E-state index contributed by atoms with van der Waals surface area (Å²) in [5.41, 5.74) is 0. The summed E-state index contributed by atoms with van der Waals surface area (Å²) in [5, 5.41) is 28.9. The monoisotopic (exact) mass is 408 g/mol. The van der Waals surface area contributed by atoms with Crippen molar-refractivity contribution in [2.24, 2.45) is 0 Å². The molecule has 9 nitrogen and oxygen atoms in total. The number of carbonyl (C=O) groups excluding carboxylic acids is 6. The van der Waals surface area contributed by atoms with Gasteiger partial charge in [0.05, 0.1) is 0 Å². The van der Waals surface area contributed by atoms with Crippen LogP contribution in [-0.2, 0) is 28.8 Å². The van der Waals surface area contributed by atoms with Crippen LogP contribution in [0.2, 0.25) is 0 Å². The van der Waals surface area contributed by atoms with E-state index in [0.717, 1.165) is 0 Å². The van der Waals surface area contributed by atoms with Gasteiger partial charge in [-0.25, -0.2) is 0 Å². The Bertz CT molecular complexity index is 355. The van der Waals surface area contributed by atoms with Crippen molar-refractivity contribution < 1.29 is 73.6 Å². The molecule has 0 radical (unpaired) electrons. The Morgan fingerprint density at radius 3 is 0.692 bits per heavy atom. The minimum Gasteiger partial charge on any atom is -0.550 e. The molecule has 26 heavy (non-hydrogen) atoms. The van der Waals surface area contributed by atoms with E-state index < -0.39 is 17.9 Å². The molecule has 0 aromatic rings. The van der Waals surface area contributed by atoms with Crippen molar-refractivity contribution in [2.75, 3.05) is 0 Å². The van der Waals surface area contributed by atoms with Crippen molar-refractivity contribution in [1.29, 1.82) is 0 Å². The third kappa shape index (κ3) is 56.5. The number of carbonyl (C=O) groups is 6. The summed E-state index contributed by atoms with van der Waals surface area (Å²) < 4.78 is 0. The summed E-state index contributed by atoms with van der Waals surface area (Å²) in [6, 6.07) is 0. The van der Waals surface area contributed by atoms with Gasteiger partial charge in [0.1, 0.15) is 17.3 Å². The van der Waals surface area contributed by atoms with Crippen molar-refractivity contribution in [3.63, 3.8) is 0 Å². The van der Waals surface area contributed by atoms with E-state index in [0.29, 0.717) is 0 Å². The Morgan fingerprint density at radius 2 is 0.654 bits per heavy atom. The molecule has 0 aromatic heterocycles. The molecule has 0 spiro atoms. The molecular weight excluding hydrogens is 387 g/mol. The first kappa shape index (κ1) is 36.6. The Hall–Kier alpha value is -0.320. The number of rotatable bonds is 9. The van der Waals surface area contributed by atoms with Crippen LogP contribution >= 0.6 is 0 Å². The summed E-state index contributed by atoms with van der Waals surface area (Å²) >= 11 is 0. The second-order valence-electron chi connectivity index (χ2n) is 4.72. The molecule has 0 fully saturated rings. The van der Waals surface area contributed by atoms with Gasteiger partial charge in [-0.15, -0.1) is 0 Å². The number of carboxylic acids is 3. The number of Topliss-reactive ketones (excluding diaryl/α,β-unsaturated/α-hetero) is 3. The van der Waals surface area contributed by atoms with Crippen molar-refractivity contribution in [2.45, 2.75) is 59.3 Å². The van der Waals surface area contributed by atoms with Gasteiger partial charge in [-0.1, -0.05) is 0 Å². The fourth-order valence-electron chi connectivity index (χ4n) is 0.834. The predicted octanol–water partition coefficient (Wildman–Crippen LogP) is -6.06. The molecule has 11 heteroatoms. The third-order valence-corrected chi connectivity index (χ3v) is 2.04. The zero-order valence-electron chi connectivity index (χ0n) is 15.6. The third-order valence-electron chi connectivity index (χ3n) is 2.04. The Labute approximate surface area is 204 Å². The van der Waals surface area contributed by atoms with Crippen molar-refractivity contribution >= 4 is 73.0 Å². The van der Waals surface area contributed by atoms with Gasteiger partial charge in [-0.2, -0.15) is 0 Å².